The summed E-state index contributed by atoms with van der Waals surface area (Å²) in [5.41, 5.74) is 7.36. The fraction of sp³-hybridized carbons (Fsp3) is 0.636. The molecule has 0 aromatic carbocycles. The number of nitrogens with zero attached hydrogens (tertiary/aromatic N) is 2. The van der Waals surface area contributed by atoms with Crippen molar-refractivity contribution in [2.75, 3.05) is 18.5 Å². The van der Waals surface area contributed by atoms with Gasteiger partial charge >= 0.3 is 0 Å². The topological polar surface area (TPSA) is 65.1 Å². The second-order valence-corrected chi connectivity index (χ2v) is 4.44. The molecule has 1 rings (SSSR count). The van der Waals surface area contributed by atoms with Crippen molar-refractivity contribution in [3.63, 3.8) is 0 Å². The van der Waals surface area contributed by atoms with Gasteiger partial charge in [-0.25, -0.2) is 0 Å². The fourth-order valence-corrected chi connectivity index (χ4v) is 1.93. The predicted octanol–water partition coefficient (Wildman–Crippen LogP) is 1.20. The number of aromatic nitrogens is 2. The van der Waals surface area contributed by atoms with Crippen LogP contribution in [-0.2, 0) is 11.8 Å². The summed E-state index contributed by atoms with van der Waals surface area (Å²) in [5.74, 6) is 0.849. The van der Waals surface area contributed by atoms with E-state index >= 15 is 0 Å². The van der Waals surface area contributed by atoms with Crippen LogP contribution < -0.4 is 11.1 Å². The first-order valence-electron chi connectivity index (χ1n) is 5.65. The van der Waals surface area contributed by atoms with Crippen LogP contribution >= 0.6 is 12.2 Å². The zero-order valence-electron chi connectivity index (χ0n) is 10.8. The monoisotopic (exact) mass is 256 g/mol. The highest BCUT2D eigenvalue weighted by Gasteiger charge is 2.16. The molecule has 0 radical (unpaired) electrons. The van der Waals surface area contributed by atoms with Gasteiger partial charge in [0.2, 0.25) is 0 Å². The maximum absolute atomic E-state index is 5.71. The molecule has 0 aliphatic carbocycles. The molecule has 6 heteroatoms. The van der Waals surface area contributed by atoms with E-state index in [9.17, 15) is 0 Å². The van der Waals surface area contributed by atoms with Gasteiger partial charge in [0.05, 0.1) is 17.9 Å². The Morgan fingerprint density at radius 1 is 1.65 bits per heavy atom. The first-order valence-corrected chi connectivity index (χ1v) is 6.05. The molecule has 0 saturated carbocycles. The van der Waals surface area contributed by atoms with E-state index in [1.54, 1.807) is 4.68 Å². The van der Waals surface area contributed by atoms with E-state index in [1.165, 1.54) is 0 Å². The number of hydrogen-bond acceptors (Lipinski definition) is 4. The lowest BCUT2D eigenvalue weighted by Crippen LogP contribution is -2.25. The number of rotatable bonds is 6. The molecule has 0 bridgehead atoms. The number of hydrogen-bond donors (Lipinski definition) is 2. The molecule has 1 aromatic rings. The summed E-state index contributed by atoms with van der Waals surface area (Å²) in [6.45, 7) is 7.26. The quantitative estimate of drug-likeness (QED) is 0.749. The zero-order valence-corrected chi connectivity index (χ0v) is 11.6. The Labute approximate surface area is 107 Å². The molecule has 0 amide bonds. The highest BCUT2D eigenvalue weighted by atomic mass is 32.1. The normalized spacial score (nSPS) is 12.5. The molecule has 0 fully saturated rings. The van der Waals surface area contributed by atoms with Crippen LogP contribution in [0, 0.1) is 6.92 Å². The summed E-state index contributed by atoms with van der Waals surface area (Å²) in [4.78, 5) is 0.363. The summed E-state index contributed by atoms with van der Waals surface area (Å²) in [6.07, 6.45) is 0. The smallest absolute Gasteiger partial charge is 0.134 e. The van der Waals surface area contributed by atoms with Gasteiger partial charge in [0.15, 0.2) is 0 Å². The SMILES string of the molecule is CCOCC(C)Nc1c(C(N)=S)c(C)nn1C. The zero-order chi connectivity index (χ0) is 13.0. The molecule has 0 aliphatic heterocycles. The van der Waals surface area contributed by atoms with E-state index in [0.29, 0.717) is 18.2 Å². The Balaban J connectivity index is 2.86. The van der Waals surface area contributed by atoms with Gasteiger partial charge in [0.1, 0.15) is 10.8 Å². The van der Waals surface area contributed by atoms with Crippen molar-refractivity contribution in [2.24, 2.45) is 12.8 Å². The van der Waals surface area contributed by atoms with Gasteiger partial charge in [0, 0.05) is 19.7 Å². The number of thiocarbonyl (C=S) groups is 1. The Bertz CT molecular complexity index is 402. The van der Waals surface area contributed by atoms with Gasteiger partial charge in [-0.3, -0.25) is 4.68 Å². The molecule has 1 heterocycles. The van der Waals surface area contributed by atoms with Crippen molar-refractivity contribution in [3.05, 3.63) is 11.3 Å². The van der Waals surface area contributed by atoms with Gasteiger partial charge < -0.3 is 15.8 Å². The Morgan fingerprint density at radius 2 is 2.29 bits per heavy atom. The summed E-state index contributed by atoms with van der Waals surface area (Å²) >= 11 is 5.04. The third-order valence-electron chi connectivity index (χ3n) is 2.42. The average molecular weight is 256 g/mol. The molecule has 1 unspecified atom stereocenters. The minimum Gasteiger partial charge on any atom is -0.389 e. The van der Waals surface area contributed by atoms with Gasteiger partial charge in [-0.15, -0.1) is 0 Å². The first-order chi connectivity index (χ1) is 7.97. The van der Waals surface area contributed by atoms with Gasteiger partial charge in [-0.1, -0.05) is 12.2 Å². The first kappa shape index (κ1) is 13.9. The predicted molar refractivity (Wildman–Crippen MR) is 73.4 cm³/mol. The number of nitrogens with two attached hydrogens (primary N) is 1. The molecular weight excluding hydrogens is 236 g/mol. The standard InChI is InChI=1S/C11H20N4OS/c1-5-16-6-7(2)13-11-9(10(12)17)8(3)14-15(11)4/h7,13H,5-6H2,1-4H3,(H2,12,17). The molecule has 3 N–H and O–H groups in total. The molecule has 0 aliphatic rings. The van der Waals surface area contributed by atoms with E-state index in [4.69, 9.17) is 22.7 Å². The molecule has 96 valence electrons. The maximum atomic E-state index is 5.71. The second-order valence-electron chi connectivity index (χ2n) is 4.00. The van der Waals surface area contributed by atoms with Crippen LogP contribution in [-0.4, -0.2) is 34.0 Å². The van der Waals surface area contributed by atoms with Crippen LogP contribution in [0.4, 0.5) is 5.82 Å². The van der Waals surface area contributed by atoms with Gasteiger partial charge in [-0.05, 0) is 20.8 Å². The van der Waals surface area contributed by atoms with E-state index < -0.39 is 0 Å². The lowest BCUT2D eigenvalue weighted by molar-refractivity contribution is 0.141. The Kier molecular flexibility index (Phi) is 4.89. The third-order valence-corrected chi connectivity index (χ3v) is 2.63. The molecule has 5 nitrogen and oxygen atoms in total. The minimum atomic E-state index is 0.179. The summed E-state index contributed by atoms with van der Waals surface area (Å²) in [6, 6.07) is 0.179. The van der Waals surface area contributed by atoms with Crippen LogP contribution in [0.1, 0.15) is 25.1 Å². The number of ether oxygens (including phenoxy) is 1. The summed E-state index contributed by atoms with van der Waals surface area (Å²) < 4.78 is 7.11. The van der Waals surface area contributed by atoms with Crippen molar-refractivity contribution < 1.29 is 4.74 Å². The third kappa shape index (κ3) is 3.41. The van der Waals surface area contributed by atoms with Crippen molar-refractivity contribution in [1.82, 2.24) is 9.78 Å². The number of aryl methyl sites for hydroxylation is 2. The molecule has 17 heavy (non-hydrogen) atoms. The highest BCUT2D eigenvalue weighted by molar-refractivity contribution is 7.80. The van der Waals surface area contributed by atoms with E-state index in [1.807, 2.05) is 27.8 Å². The second kappa shape index (κ2) is 5.97. The van der Waals surface area contributed by atoms with Gasteiger partial charge in [-0.2, -0.15) is 5.10 Å². The minimum absolute atomic E-state index is 0.179. The van der Waals surface area contributed by atoms with Crippen molar-refractivity contribution in [2.45, 2.75) is 26.8 Å². The average Bonchev–Trinajstić information content (AvgIpc) is 2.51. The number of nitrogens with one attached hydrogen (secondary N) is 1. The molecule has 1 aromatic heterocycles. The molecule has 0 spiro atoms. The Hall–Kier alpha value is -1.14. The Morgan fingerprint density at radius 3 is 2.82 bits per heavy atom. The van der Waals surface area contributed by atoms with Crippen LogP contribution in [0.25, 0.3) is 0 Å². The van der Waals surface area contributed by atoms with E-state index in [2.05, 4.69) is 10.4 Å². The summed E-state index contributed by atoms with van der Waals surface area (Å²) in [5, 5.41) is 7.64. The maximum Gasteiger partial charge on any atom is 0.134 e. The highest BCUT2D eigenvalue weighted by Crippen LogP contribution is 2.19. The van der Waals surface area contributed by atoms with Crippen LogP contribution in [0.5, 0.6) is 0 Å². The lowest BCUT2D eigenvalue weighted by Gasteiger charge is -2.16. The molecule has 0 saturated heterocycles. The molecular formula is C11H20N4OS. The summed E-state index contributed by atoms with van der Waals surface area (Å²) in [7, 11) is 1.87. The van der Waals surface area contributed by atoms with Crippen molar-refractivity contribution in [3.8, 4) is 0 Å². The van der Waals surface area contributed by atoms with Crippen LogP contribution in [0.15, 0.2) is 0 Å². The van der Waals surface area contributed by atoms with Gasteiger partial charge in [0.25, 0.3) is 0 Å². The van der Waals surface area contributed by atoms with Crippen LogP contribution in [0.3, 0.4) is 0 Å². The molecule has 1 atom stereocenters. The van der Waals surface area contributed by atoms with Crippen LogP contribution in [0.2, 0.25) is 0 Å². The largest absolute Gasteiger partial charge is 0.389 e. The lowest BCUT2D eigenvalue weighted by atomic mass is 10.2. The van der Waals surface area contributed by atoms with Crippen molar-refractivity contribution in [1.29, 1.82) is 0 Å². The van der Waals surface area contributed by atoms with E-state index in [-0.39, 0.29) is 6.04 Å². The van der Waals surface area contributed by atoms with Crippen molar-refractivity contribution >= 4 is 23.0 Å². The fourth-order valence-electron chi connectivity index (χ4n) is 1.69. The number of anilines is 1. The van der Waals surface area contributed by atoms with E-state index in [0.717, 1.165) is 17.1 Å².